The van der Waals surface area contributed by atoms with Crippen molar-refractivity contribution in [1.82, 2.24) is 4.90 Å². The van der Waals surface area contributed by atoms with Gasteiger partial charge in [0.25, 0.3) is 0 Å². The number of likely N-dealkylation sites (tertiary alicyclic amines) is 1. The summed E-state index contributed by atoms with van der Waals surface area (Å²) in [5.74, 6) is 0. The summed E-state index contributed by atoms with van der Waals surface area (Å²) in [5, 5.41) is 0. The molecule has 1 aliphatic rings. The van der Waals surface area contributed by atoms with Crippen molar-refractivity contribution in [2.24, 2.45) is 0 Å². The van der Waals surface area contributed by atoms with Gasteiger partial charge in [-0.1, -0.05) is 0 Å². The number of hydrogen-bond donors (Lipinski definition) is 0. The van der Waals surface area contributed by atoms with E-state index in [1.807, 2.05) is 7.11 Å². The van der Waals surface area contributed by atoms with E-state index in [4.69, 9.17) is 4.74 Å². The summed E-state index contributed by atoms with van der Waals surface area (Å²) >= 11 is 0. The molecule has 0 radical (unpaired) electrons. The lowest BCUT2D eigenvalue weighted by Crippen LogP contribution is -2.49. The van der Waals surface area contributed by atoms with Crippen molar-refractivity contribution in [2.45, 2.75) is 38.3 Å². The Balaban J connectivity index is 2.51. The molecule has 0 aliphatic carbocycles. The molecule has 1 aliphatic heterocycles. The predicted molar refractivity (Wildman–Crippen MR) is 46.7 cm³/mol. The molecule has 1 saturated heterocycles. The Bertz CT molecular complexity index is 138. The van der Waals surface area contributed by atoms with Crippen LogP contribution in [0.15, 0.2) is 0 Å². The van der Waals surface area contributed by atoms with Gasteiger partial charge < -0.3 is 9.64 Å². The molecule has 0 aromatic rings. The molecule has 11 heavy (non-hydrogen) atoms. The fraction of sp³-hybridized carbons (Fsp3) is 1.00. The second-order valence-electron chi connectivity index (χ2n) is 3.96. The summed E-state index contributed by atoms with van der Waals surface area (Å²) in [4.78, 5) is 2.37. The number of nitrogens with zero attached hydrogens (tertiary/aromatic N) is 1. The average molecular weight is 157 g/mol. The molecular formula is C9H19NO. The molecule has 2 heteroatoms. The molecule has 66 valence electrons. The summed E-state index contributed by atoms with van der Waals surface area (Å²) in [6.45, 7) is 5.52. The third-order valence-electron chi connectivity index (χ3n) is 2.92. The molecule has 1 heterocycles. The van der Waals surface area contributed by atoms with Crippen molar-refractivity contribution in [3.05, 3.63) is 0 Å². The van der Waals surface area contributed by atoms with Gasteiger partial charge in [-0.3, -0.25) is 0 Å². The summed E-state index contributed by atoms with van der Waals surface area (Å²) in [5.41, 5.74) is 0.0985. The maximum Gasteiger partial charge on any atom is 0.0777 e. The van der Waals surface area contributed by atoms with Crippen LogP contribution in [0.2, 0.25) is 0 Å². The highest BCUT2D eigenvalue weighted by atomic mass is 16.5. The first-order valence-electron chi connectivity index (χ1n) is 4.33. The zero-order valence-corrected chi connectivity index (χ0v) is 8.05. The molecule has 0 amide bonds. The van der Waals surface area contributed by atoms with Crippen LogP contribution in [-0.2, 0) is 4.74 Å². The Hall–Kier alpha value is -0.0800. The molecule has 2 atom stereocenters. The molecule has 1 rings (SSSR count). The van der Waals surface area contributed by atoms with E-state index < -0.39 is 0 Å². The van der Waals surface area contributed by atoms with Gasteiger partial charge in [-0.2, -0.15) is 0 Å². The minimum Gasteiger partial charge on any atom is -0.377 e. The topological polar surface area (TPSA) is 12.5 Å². The molecule has 2 nitrogen and oxygen atoms in total. The van der Waals surface area contributed by atoms with Crippen LogP contribution < -0.4 is 0 Å². The molecule has 0 N–H and O–H groups in total. The van der Waals surface area contributed by atoms with E-state index in [1.165, 1.54) is 12.8 Å². The number of likely N-dealkylation sites (N-methyl/N-ethyl adjacent to an activating group) is 1. The summed E-state index contributed by atoms with van der Waals surface area (Å²) in [6.07, 6.45) is 2.44. The van der Waals surface area contributed by atoms with Crippen LogP contribution >= 0.6 is 0 Å². The van der Waals surface area contributed by atoms with Crippen LogP contribution in [0.1, 0.15) is 26.7 Å². The van der Waals surface area contributed by atoms with E-state index in [2.05, 4.69) is 25.8 Å². The zero-order chi connectivity index (χ0) is 8.48. The van der Waals surface area contributed by atoms with Gasteiger partial charge in [-0.15, -0.1) is 0 Å². The third kappa shape index (κ3) is 1.94. The van der Waals surface area contributed by atoms with E-state index in [0.717, 1.165) is 12.6 Å². The van der Waals surface area contributed by atoms with Gasteiger partial charge in [0.15, 0.2) is 0 Å². The fourth-order valence-corrected chi connectivity index (χ4v) is 1.66. The van der Waals surface area contributed by atoms with Crippen molar-refractivity contribution >= 4 is 0 Å². The van der Waals surface area contributed by atoms with Gasteiger partial charge in [0, 0.05) is 19.7 Å². The SMILES string of the molecule is COC1(C)CCC(C)N(C)C1. The highest BCUT2D eigenvalue weighted by Crippen LogP contribution is 2.26. The van der Waals surface area contributed by atoms with Gasteiger partial charge in [0.05, 0.1) is 5.60 Å². The van der Waals surface area contributed by atoms with Crippen LogP contribution in [0.25, 0.3) is 0 Å². The Kier molecular flexibility index (Phi) is 2.55. The maximum absolute atomic E-state index is 5.46. The monoisotopic (exact) mass is 157 g/mol. The lowest BCUT2D eigenvalue weighted by Gasteiger charge is -2.41. The lowest BCUT2D eigenvalue weighted by atomic mass is 9.91. The molecule has 0 aromatic heterocycles. The van der Waals surface area contributed by atoms with Crippen molar-refractivity contribution < 1.29 is 4.74 Å². The second kappa shape index (κ2) is 3.11. The standard InChI is InChI=1S/C9H19NO/c1-8-5-6-9(2,11-4)7-10(8)3/h8H,5-7H2,1-4H3. The predicted octanol–water partition coefficient (Wildman–Crippen LogP) is 1.51. The largest absolute Gasteiger partial charge is 0.377 e. The number of hydrogen-bond acceptors (Lipinski definition) is 2. The quantitative estimate of drug-likeness (QED) is 0.572. The molecule has 0 saturated carbocycles. The van der Waals surface area contributed by atoms with Gasteiger partial charge in [0.2, 0.25) is 0 Å². The van der Waals surface area contributed by atoms with Crippen molar-refractivity contribution in [3.8, 4) is 0 Å². The molecule has 1 fully saturated rings. The second-order valence-corrected chi connectivity index (χ2v) is 3.96. The number of ether oxygens (including phenoxy) is 1. The van der Waals surface area contributed by atoms with E-state index in [-0.39, 0.29) is 5.60 Å². The summed E-state index contributed by atoms with van der Waals surface area (Å²) in [6, 6.07) is 0.721. The Morgan fingerprint density at radius 3 is 2.64 bits per heavy atom. The van der Waals surface area contributed by atoms with Crippen LogP contribution in [-0.4, -0.2) is 37.2 Å². The van der Waals surface area contributed by atoms with E-state index in [1.54, 1.807) is 0 Å². The van der Waals surface area contributed by atoms with Crippen LogP contribution in [0.4, 0.5) is 0 Å². The molecule has 0 spiro atoms. The van der Waals surface area contributed by atoms with Crippen molar-refractivity contribution in [3.63, 3.8) is 0 Å². The van der Waals surface area contributed by atoms with Crippen LogP contribution in [0.3, 0.4) is 0 Å². The molecule has 2 unspecified atom stereocenters. The van der Waals surface area contributed by atoms with Crippen LogP contribution in [0.5, 0.6) is 0 Å². The first-order chi connectivity index (χ1) is 5.07. The average Bonchev–Trinajstić information content (AvgIpc) is 1.98. The summed E-state index contributed by atoms with van der Waals surface area (Å²) < 4.78 is 5.46. The molecular weight excluding hydrogens is 138 g/mol. The third-order valence-corrected chi connectivity index (χ3v) is 2.92. The van der Waals surface area contributed by atoms with E-state index in [0.29, 0.717) is 0 Å². The maximum atomic E-state index is 5.46. The van der Waals surface area contributed by atoms with Gasteiger partial charge in [-0.05, 0) is 33.7 Å². The Morgan fingerprint density at radius 1 is 1.55 bits per heavy atom. The molecule has 0 aromatic carbocycles. The molecule has 0 bridgehead atoms. The number of piperidine rings is 1. The van der Waals surface area contributed by atoms with Crippen LogP contribution in [0, 0.1) is 0 Å². The first kappa shape index (κ1) is 9.01. The Morgan fingerprint density at radius 2 is 2.18 bits per heavy atom. The first-order valence-corrected chi connectivity index (χ1v) is 4.33. The minimum absolute atomic E-state index is 0.0985. The normalized spacial score (nSPS) is 40.9. The van der Waals surface area contributed by atoms with E-state index >= 15 is 0 Å². The minimum atomic E-state index is 0.0985. The number of rotatable bonds is 1. The van der Waals surface area contributed by atoms with Gasteiger partial charge >= 0.3 is 0 Å². The highest BCUT2D eigenvalue weighted by molar-refractivity contribution is 4.86. The van der Waals surface area contributed by atoms with E-state index in [9.17, 15) is 0 Å². The summed E-state index contributed by atoms with van der Waals surface area (Å²) in [7, 11) is 3.98. The van der Waals surface area contributed by atoms with Crippen molar-refractivity contribution in [1.29, 1.82) is 0 Å². The van der Waals surface area contributed by atoms with Gasteiger partial charge in [-0.25, -0.2) is 0 Å². The lowest BCUT2D eigenvalue weighted by molar-refractivity contribution is -0.0580. The number of methoxy groups -OCH3 is 1. The zero-order valence-electron chi connectivity index (χ0n) is 8.05. The fourth-order valence-electron chi connectivity index (χ4n) is 1.66. The highest BCUT2D eigenvalue weighted by Gasteiger charge is 2.32. The Labute approximate surface area is 69.5 Å². The smallest absolute Gasteiger partial charge is 0.0777 e. The van der Waals surface area contributed by atoms with Gasteiger partial charge in [0.1, 0.15) is 0 Å². The van der Waals surface area contributed by atoms with Crippen molar-refractivity contribution in [2.75, 3.05) is 20.7 Å².